The van der Waals surface area contributed by atoms with Crippen LogP contribution in [0.3, 0.4) is 0 Å². The first-order valence-corrected chi connectivity index (χ1v) is 3.45. The van der Waals surface area contributed by atoms with Crippen molar-refractivity contribution in [3.63, 3.8) is 0 Å². The molecule has 0 radical (unpaired) electrons. The fourth-order valence-corrected chi connectivity index (χ4v) is 1.12. The maximum atomic E-state index is 5.78. The van der Waals surface area contributed by atoms with Crippen LogP contribution >= 0.6 is 11.6 Å². The minimum absolute atomic E-state index is 0.604. The Bertz CT molecular complexity index is 215. The molecule has 1 saturated carbocycles. The van der Waals surface area contributed by atoms with E-state index in [1.165, 1.54) is 12.8 Å². The minimum atomic E-state index is 0.604. The van der Waals surface area contributed by atoms with Gasteiger partial charge in [-0.05, 0) is 18.9 Å². The molecule has 3 heteroatoms. The fourth-order valence-electron chi connectivity index (χ4n) is 0.886. The van der Waals surface area contributed by atoms with Crippen LogP contribution in [0.2, 0.25) is 5.15 Å². The Morgan fingerprint density at radius 1 is 1.67 bits per heavy atom. The molecule has 0 aromatic carbocycles. The third-order valence-corrected chi connectivity index (χ3v) is 1.81. The average Bonchev–Trinajstić information content (AvgIpc) is 2.58. The topological polar surface area (TPSA) is 17.8 Å². The molecule has 1 aromatic rings. The molecule has 1 heterocycles. The van der Waals surface area contributed by atoms with Gasteiger partial charge in [0.1, 0.15) is 5.15 Å². The van der Waals surface area contributed by atoms with E-state index in [2.05, 4.69) is 5.10 Å². The summed E-state index contributed by atoms with van der Waals surface area (Å²) in [5, 5.41) is 4.82. The Kier molecular flexibility index (Phi) is 1.02. The summed E-state index contributed by atoms with van der Waals surface area (Å²) in [7, 11) is 0. The minimum Gasteiger partial charge on any atom is -0.251 e. The first-order chi connectivity index (χ1) is 4.38. The molecule has 0 amide bonds. The van der Waals surface area contributed by atoms with E-state index in [4.69, 9.17) is 11.6 Å². The molecule has 48 valence electrons. The van der Waals surface area contributed by atoms with Gasteiger partial charge in [0.25, 0.3) is 0 Å². The molecule has 0 N–H and O–H groups in total. The van der Waals surface area contributed by atoms with E-state index in [1.807, 2.05) is 10.7 Å². The molecule has 1 aromatic heterocycles. The molecule has 1 fully saturated rings. The summed E-state index contributed by atoms with van der Waals surface area (Å²) >= 11 is 5.78. The first kappa shape index (κ1) is 5.30. The lowest BCUT2D eigenvalue weighted by molar-refractivity contribution is 0.642. The monoisotopic (exact) mass is 142 g/mol. The largest absolute Gasteiger partial charge is 0.251 e. The van der Waals surface area contributed by atoms with Crippen molar-refractivity contribution >= 4 is 11.6 Å². The van der Waals surface area contributed by atoms with Crippen molar-refractivity contribution < 1.29 is 0 Å². The van der Waals surface area contributed by atoms with E-state index < -0.39 is 0 Å². The van der Waals surface area contributed by atoms with Crippen molar-refractivity contribution in [1.29, 1.82) is 0 Å². The van der Waals surface area contributed by atoms with E-state index in [-0.39, 0.29) is 0 Å². The normalized spacial score (nSPS) is 18.3. The van der Waals surface area contributed by atoms with Crippen molar-refractivity contribution in [2.24, 2.45) is 0 Å². The van der Waals surface area contributed by atoms with Gasteiger partial charge in [-0.25, -0.2) is 0 Å². The second-order valence-corrected chi connectivity index (χ2v) is 2.72. The van der Waals surface area contributed by atoms with E-state index >= 15 is 0 Å². The lowest BCUT2D eigenvalue weighted by Gasteiger charge is -1.95. The zero-order valence-corrected chi connectivity index (χ0v) is 5.67. The van der Waals surface area contributed by atoms with E-state index in [0.29, 0.717) is 6.04 Å². The third kappa shape index (κ3) is 0.833. The predicted molar refractivity (Wildman–Crippen MR) is 35.5 cm³/mol. The number of rotatable bonds is 1. The molecule has 9 heavy (non-hydrogen) atoms. The van der Waals surface area contributed by atoms with Crippen LogP contribution in [0, 0.1) is 0 Å². The molecule has 0 unspecified atom stereocenters. The summed E-state index contributed by atoms with van der Waals surface area (Å²) in [6.07, 6.45) is 4.21. The van der Waals surface area contributed by atoms with Crippen LogP contribution in [0.15, 0.2) is 12.3 Å². The van der Waals surface area contributed by atoms with Crippen molar-refractivity contribution in [2.45, 2.75) is 18.9 Å². The summed E-state index contributed by atoms with van der Waals surface area (Å²) < 4.78 is 1.88. The lowest BCUT2D eigenvalue weighted by Crippen LogP contribution is -1.94. The van der Waals surface area contributed by atoms with Crippen molar-refractivity contribution in [1.82, 2.24) is 9.78 Å². The number of nitrogens with zero attached hydrogens (tertiary/aromatic N) is 2. The molecule has 1 aliphatic rings. The van der Waals surface area contributed by atoms with Gasteiger partial charge in [0.15, 0.2) is 0 Å². The van der Waals surface area contributed by atoms with Crippen LogP contribution in [0.25, 0.3) is 0 Å². The van der Waals surface area contributed by atoms with Gasteiger partial charge < -0.3 is 0 Å². The molecular weight excluding hydrogens is 136 g/mol. The molecular formula is C6H7ClN2. The number of hydrogen-bond donors (Lipinski definition) is 0. The van der Waals surface area contributed by atoms with Gasteiger partial charge >= 0.3 is 0 Å². The van der Waals surface area contributed by atoms with Gasteiger partial charge in [0.2, 0.25) is 0 Å². The smallest absolute Gasteiger partial charge is 0.127 e. The molecule has 2 rings (SSSR count). The van der Waals surface area contributed by atoms with Gasteiger partial charge in [-0.3, -0.25) is 4.68 Å². The summed E-state index contributed by atoms with van der Waals surface area (Å²) in [6.45, 7) is 0. The highest BCUT2D eigenvalue weighted by atomic mass is 35.5. The Hall–Kier alpha value is -0.500. The molecule has 0 spiro atoms. The standard InChI is InChI=1S/C6H7ClN2/c7-6-3-4-8-9(6)5-1-2-5/h3-5H,1-2H2. The maximum Gasteiger partial charge on any atom is 0.127 e. The molecule has 0 aliphatic heterocycles. The van der Waals surface area contributed by atoms with Crippen LogP contribution in [-0.4, -0.2) is 9.78 Å². The van der Waals surface area contributed by atoms with Crippen LogP contribution in [0.5, 0.6) is 0 Å². The number of hydrogen-bond acceptors (Lipinski definition) is 1. The van der Waals surface area contributed by atoms with Crippen molar-refractivity contribution in [2.75, 3.05) is 0 Å². The Morgan fingerprint density at radius 2 is 2.44 bits per heavy atom. The summed E-state index contributed by atoms with van der Waals surface area (Å²) in [5.41, 5.74) is 0. The quantitative estimate of drug-likeness (QED) is 0.586. The Labute approximate surface area is 58.4 Å². The van der Waals surface area contributed by atoms with Crippen molar-refractivity contribution in [3.8, 4) is 0 Å². The van der Waals surface area contributed by atoms with Gasteiger partial charge in [0.05, 0.1) is 12.2 Å². The predicted octanol–water partition coefficient (Wildman–Crippen LogP) is 1.87. The number of halogens is 1. The van der Waals surface area contributed by atoms with Gasteiger partial charge in [0, 0.05) is 0 Å². The molecule has 0 bridgehead atoms. The van der Waals surface area contributed by atoms with E-state index in [0.717, 1.165) is 5.15 Å². The molecule has 2 nitrogen and oxygen atoms in total. The van der Waals surface area contributed by atoms with Gasteiger partial charge in [-0.1, -0.05) is 11.6 Å². The average molecular weight is 143 g/mol. The van der Waals surface area contributed by atoms with Gasteiger partial charge in [-0.2, -0.15) is 5.10 Å². The lowest BCUT2D eigenvalue weighted by atomic mass is 10.7. The Balaban J connectivity index is 2.35. The second-order valence-electron chi connectivity index (χ2n) is 2.33. The fraction of sp³-hybridized carbons (Fsp3) is 0.500. The maximum absolute atomic E-state index is 5.78. The zero-order chi connectivity index (χ0) is 6.27. The van der Waals surface area contributed by atoms with Crippen LogP contribution < -0.4 is 0 Å². The SMILES string of the molecule is Clc1ccnn1C1CC1. The zero-order valence-electron chi connectivity index (χ0n) is 4.92. The third-order valence-electron chi connectivity index (χ3n) is 1.51. The second kappa shape index (κ2) is 1.74. The molecule has 0 atom stereocenters. The summed E-state index contributed by atoms with van der Waals surface area (Å²) in [4.78, 5) is 0. The highest BCUT2D eigenvalue weighted by Crippen LogP contribution is 2.35. The van der Waals surface area contributed by atoms with E-state index in [9.17, 15) is 0 Å². The highest BCUT2D eigenvalue weighted by Gasteiger charge is 2.25. The van der Waals surface area contributed by atoms with E-state index in [1.54, 1.807) is 6.20 Å². The highest BCUT2D eigenvalue weighted by molar-refractivity contribution is 6.29. The summed E-state index contributed by atoms with van der Waals surface area (Å²) in [6, 6.07) is 2.42. The first-order valence-electron chi connectivity index (χ1n) is 3.07. The molecule has 0 saturated heterocycles. The van der Waals surface area contributed by atoms with Crippen LogP contribution in [0.4, 0.5) is 0 Å². The van der Waals surface area contributed by atoms with Crippen molar-refractivity contribution in [3.05, 3.63) is 17.4 Å². The summed E-state index contributed by atoms with van der Waals surface area (Å²) in [5.74, 6) is 0. The molecule has 1 aliphatic carbocycles. The van der Waals surface area contributed by atoms with Crippen LogP contribution in [-0.2, 0) is 0 Å². The number of aromatic nitrogens is 2. The Morgan fingerprint density at radius 3 is 2.89 bits per heavy atom. The van der Waals surface area contributed by atoms with Crippen LogP contribution in [0.1, 0.15) is 18.9 Å². The van der Waals surface area contributed by atoms with Gasteiger partial charge in [-0.15, -0.1) is 0 Å².